The monoisotopic (exact) mass is 461 g/mol. The molecule has 0 aliphatic rings. The van der Waals surface area contributed by atoms with Gasteiger partial charge in [-0.3, -0.25) is 4.79 Å². The number of benzene rings is 2. The zero-order valence-electron chi connectivity index (χ0n) is 14.9. The number of rotatable bonds is 4. The fraction of sp³-hybridized carbons (Fsp3) is 0.0476. The third-order valence-electron chi connectivity index (χ3n) is 4.37. The minimum absolute atomic E-state index is 0.247. The molecule has 8 heteroatoms. The number of anilines is 1. The standard InChI is InChI=1S/C21H14Cl3N3OS/c22-12-3-1-11(2-4-12)10-26-20(28)19-18(25)14-6-8-17(27-21(14)29-19)15-9-13(23)5-7-16(15)24/h1-9H,10,25H2,(H,26,28). The highest BCUT2D eigenvalue weighted by Gasteiger charge is 2.18. The fourth-order valence-electron chi connectivity index (χ4n) is 2.87. The molecule has 0 atom stereocenters. The highest BCUT2D eigenvalue weighted by molar-refractivity contribution is 7.21. The lowest BCUT2D eigenvalue weighted by Gasteiger charge is -2.05. The molecule has 2 aromatic heterocycles. The molecule has 0 radical (unpaired) electrons. The maximum absolute atomic E-state index is 12.7. The third-order valence-corrected chi connectivity index (χ3v) is 6.30. The van der Waals surface area contributed by atoms with Crippen molar-refractivity contribution < 1.29 is 4.79 Å². The summed E-state index contributed by atoms with van der Waals surface area (Å²) < 4.78 is 0. The van der Waals surface area contributed by atoms with Crippen LogP contribution in [-0.2, 0) is 6.54 Å². The van der Waals surface area contributed by atoms with Gasteiger partial charge in [0.25, 0.3) is 5.91 Å². The van der Waals surface area contributed by atoms with E-state index in [0.29, 0.717) is 42.7 Å². The van der Waals surface area contributed by atoms with Gasteiger partial charge in [-0.15, -0.1) is 11.3 Å². The smallest absolute Gasteiger partial charge is 0.263 e. The molecular formula is C21H14Cl3N3OS. The second-order valence-electron chi connectivity index (χ2n) is 6.33. The predicted molar refractivity (Wildman–Crippen MR) is 122 cm³/mol. The number of amides is 1. The summed E-state index contributed by atoms with van der Waals surface area (Å²) in [4.78, 5) is 18.4. The van der Waals surface area contributed by atoms with Gasteiger partial charge in [-0.2, -0.15) is 0 Å². The second-order valence-corrected chi connectivity index (χ2v) is 8.61. The van der Waals surface area contributed by atoms with Gasteiger partial charge in [0.2, 0.25) is 0 Å². The minimum atomic E-state index is -0.247. The molecule has 0 bridgehead atoms. The van der Waals surface area contributed by atoms with Gasteiger partial charge in [-0.1, -0.05) is 46.9 Å². The molecule has 0 spiro atoms. The first kappa shape index (κ1) is 20.0. The van der Waals surface area contributed by atoms with E-state index in [-0.39, 0.29) is 5.91 Å². The predicted octanol–water partition coefficient (Wildman–Crippen LogP) is 6.44. The molecule has 146 valence electrons. The second kappa shape index (κ2) is 8.20. The van der Waals surface area contributed by atoms with E-state index in [0.717, 1.165) is 16.5 Å². The molecule has 0 aliphatic heterocycles. The number of nitrogen functional groups attached to an aromatic ring is 1. The number of nitrogens with zero attached hydrogens (tertiary/aromatic N) is 1. The highest BCUT2D eigenvalue weighted by Crippen LogP contribution is 2.36. The van der Waals surface area contributed by atoms with Gasteiger partial charge in [0.05, 0.1) is 16.4 Å². The van der Waals surface area contributed by atoms with Crippen LogP contribution in [0, 0.1) is 0 Å². The quantitative estimate of drug-likeness (QED) is 0.367. The maximum Gasteiger partial charge on any atom is 0.263 e. The maximum atomic E-state index is 12.7. The molecule has 0 saturated carbocycles. The number of pyridine rings is 1. The number of fused-ring (bicyclic) bond motifs is 1. The Hall–Kier alpha value is -2.31. The van der Waals surface area contributed by atoms with Crippen molar-refractivity contribution in [2.75, 3.05) is 5.73 Å². The Morgan fingerprint density at radius 3 is 2.48 bits per heavy atom. The number of carbonyl (C=O) groups excluding carboxylic acids is 1. The largest absolute Gasteiger partial charge is 0.397 e. The van der Waals surface area contributed by atoms with E-state index >= 15 is 0 Å². The van der Waals surface area contributed by atoms with Crippen LogP contribution in [0.15, 0.2) is 54.6 Å². The molecule has 4 rings (SSSR count). The molecule has 2 heterocycles. The van der Waals surface area contributed by atoms with Crippen LogP contribution >= 0.6 is 46.1 Å². The molecule has 29 heavy (non-hydrogen) atoms. The summed E-state index contributed by atoms with van der Waals surface area (Å²) >= 11 is 19.5. The number of hydrogen-bond acceptors (Lipinski definition) is 4. The Morgan fingerprint density at radius 2 is 1.72 bits per heavy atom. The van der Waals surface area contributed by atoms with Gasteiger partial charge in [0.15, 0.2) is 0 Å². The Labute approximate surface area is 186 Å². The molecule has 4 aromatic rings. The van der Waals surface area contributed by atoms with E-state index in [1.54, 1.807) is 30.3 Å². The van der Waals surface area contributed by atoms with Gasteiger partial charge in [-0.25, -0.2) is 4.98 Å². The number of hydrogen-bond donors (Lipinski definition) is 2. The van der Waals surface area contributed by atoms with Crippen LogP contribution in [0.3, 0.4) is 0 Å². The van der Waals surface area contributed by atoms with Gasteiger partial charge < -0.3 is 11.1 Å². The summed E-state index contributed by atoms with van der Waals surface area (Å²) in [5, 5.41) is 5.38. The van der Waals surface area contributed by atoms with Crippen molar-refractivity contribution in [3.05, 3.63) is 80.1 Å². The van der Waals surface area contributed by atoms with E-state index < -0.39 is 0 Å². The van der Waals surface area contributed by atoms with Crippen LogP contribution in [-0.4, -0.2) is 10.9 Å². The van der Waals surface area contributed by atoms with E-state index in [1.807, 2.05) is 24.3 Å². The summed E-state index contributed by atoms with van der Waals surface area (Å²) in [6, 6.07) is 16.1. The normalized spacial score (nSPS) is 11.0. The summed E-state index contributed by atoms with van der Waals surface area (Å²) in [6.07, 6.45) is 0. The van der Waals surface area contributed by atoms with Crippen LogP contribution < -0.4 is 11.1 Å². The number of nitrogens with one attached hydrogen (secondary N) is 1. The number of thiophene rings is 1. The highest BCUT2D eigenvalue weighted by atomic mass is 35.5. The summed E-state index contributed by atoms with van der Waals surface area (Å²) in [7, 11) is 0. The van der Waals surface area contributed by atoms with Gasteiger partial charge in [0.1, 0.15) is 9.71 Å². The van der Waals surface area contributed by atoms with Crippen LogP contribution in [0.1, 0.15) is 15.2 Å². The molecule has 0 unspecified atom stereocenters. The van der Waals surface area contributed by atoms with E-state index in [9.17, 15) is 4.79 Å². The first-order valence-electron chi connectivity index (χ1n) is 8.59. The number of nitrogens with two attached hydrogens (primary N) is 1. The van der Waals surface area contributed by atoms with Crippen molar-refractivity contribution in [1.29, 1.82) is 0 Å². The molecule has 0 saturated heterocycles. The average molecular weight is 463 g/mol. The van der Waals surface area contributed by atoms with Crippen LogP contribution in [0.2, 0.25) is 15.1 Å². The number of halogens is 3. The molecule has 1 amide bonds. The third kappa shape index (κ3) is 4.19. The van der Waals surface area contributed by atoms with Crippen molar-refractivity contribution in [1.82, 2.24) is 10.3 Å². The van der Waals surface area contributed by atoms with Gasteiger partial charge in [0, 0.05) is 27.5 Å². The topological polar surface area (TPSA) is 68.0 Å². The zero-order valence-corrected chi connectivity index (χ0v) is 18.0. The van der Waals surface area contributed by atoms with Crippen molar-refractivity contribution in [3.8, 4) is 11.3 Å². The molecule has 0 aliphatic carbocycles. The first-order chi connectivity index (χ1) is 13.9. The molecular weight excluding hydrogens is 449 g/mol. The lowest BCUT2D eigenvalue weighted by atomic mass is 10.1. The average Bonchev–Trinajstić information content (AvgIpc) is 3.05. The first-order valence-corrected chi connectivity index (χ1v) is 10.5. The van der Waals surface area contributed by atoms with Crippen molar-refractivity contribution in [2.24, 2.45) is 0 Å². The number of carbonyl (C=O) groups is 1. The van der Waals surface area contributed by atoms with Crippen LogP contribution in [0.25, 0.3) is 21.5 Å². The molecule has 2 aromatic carbocycles. The van der Waals surface area contributed by atoms with Crippen molar-refractivity contribution >= 4 is 68.0 Å². The van der Waals surface area contributed by atoms with E-state index in [2.05, 4.69) is 10.3 Å². The van der Waals surface area contributed by atoms with Crippen molar-refractivity contribution in [2.45, 2.75) is 6.54 Å². The Bertz CT molecular complexity index is 1220. The van der Waals surface area contributed by atoms with E-state index in [4.69, 9.17) is 40.5 Å². The van der Waals surface area contributed by atoms with Crippen molar-refractivity contribution in [3.63, 3.8) is 0 Å². The van der Waals surface area contributed by atoms with Gasteiger partial charge >= 0.3 is 0 Å². The Morgan fingerprint density at radius 1 is 1.00 bits per heavy atom. The molecule has 3 N–H and O–H groups in total. The van der Waals surface area contributed by atoms with Crippen LogP contribution in [0.4, 0.5) is 5.69 Å². The fourth-order valence-corrected chi connectivity index (χ4v) is 4.40. The lowest BCUT2D eigenvalue weighted by molar-refractivity contribution is 0.0956. The molecule has 0 fully saturated rings. The molecule has 4 nitrogen and oxygen atoms in total. The summed E-state index contributed by atoms with van der Waals surface area (Å²) in [5.41, 5.74) is 8.96. The zero-order chi connectivity index (χ0) is 20.5. The summed E-state index contributed by atoms with van der Waals surface area (Å²) in [6.45, 7) is 0.375. The Balaban J connectivity index is 1.62. The summed E-state index contributed by atoms with van der Waals surface area (Å²) in [5.74, 6) is -0.247. The Kier molecular flexibility index (Phi) is 5.65. The van der Waals surface area contributed by atoms with E-state index in [1.165, 1.54) is 11.3 Å². The SMILES string of the molecule is Nc1c(C(=O)NCc2ccc(Cl)cc2)sc2nc(-c3cc(Cl)ccc3Cl)ccc12. The van der Waals surface area contributed by atoms with Crippen LogP contribution in [0.5, 0.6) is 0 Å². The lowest BCUT2D eigenvalue weighted by Crippen LogP contribution is -2.22. The van der Waals surface area contributed by atoms with Gasteiger partial charge in [-0.05, 0) is 48.0 Å². The number of aromatic nitrogens is 1. The minimum Gasteiger partial charge on any atom is -0.397 e.